The van der Waals surface area contributed by atoms with Gasteiger partial charge in [0.2, 0.25) is 0 Å². The zero-order valence-electron chi connectivity index (χ0n) is 19.1. The zero-order valence-corrected chi connectivity index (χ0v) is 19.1. The fraction of sp³-hybridized carbons (Fsp3) is 0.500. The predicted molar refractivity (Wildman–Crippen MR) is 121 cm³/mol. The smallest absolute Gasteiger partial charge is 0.313 e. The van der Waals surface area contributed by atoms with E-state index < -0.39 is 0 Å². The van der Waals surface area contributed by atoms with E-state index in [2.05, 4.69) is 39.8 Å². The number of carbonyl (C=O) groups is 1. The van der Waals surface area contributed by atoms with E-state index in [4.69, 9.17) is 14.2 Å². The molecule has 0 aliphatic heterocycles. The quantitative estimate of drug-likeness (QED) is 0.352. The highest BCUT2D eigenvalue weighted by atomic mass is 16.5. The maximum Gasteiger partial charge on any atom is 0.313 e. The molecule has 0 radical (unpaired) electrons. The summed E-state index contributed by atoms with van der Waals surface area (Å²) in [5, 5.41) is 0. The molecule has 0 aliphatic carbocycles. The molecule has 0 amide bonds. The molecule has 0 fully saturated rings. The number of carbonyl (C=O) groups excluding carboxylic acids is 1. The summed E-state index contributed by atoms with van der Waals surface area (Å²) < 4.78 is 16.3. The third-order valence-electron chi connectivity index (χ3n) is 5.17. The lowest BCUT2D eigenvalue weighted by molar-refractivity contribution is -0.142. The second kappa shape index (κ2) is 11.8. The van der Waals surface area contributed by atoms with E-state index >= 15 is 0 Å². The Morgan fingerprint density at radius 1 is 0.933 bits per heavy atom. The van der Waals surface area contributed by atoms with Crippen LogP contribution in [0.5, 0.6) is 5.75 Å². The van der Waals surface area contributed by atoms with E-state index in [9.17, 15) is 4.79 Å². The van der Waals surface area contributed by atoms with Gasteiger partial charge in [-0.15, -0.1) is 0 Å². The second-order valence-electron chi connectivity index (χ2n) is 8.61. The van der Waals surface area contributed by atoms with E-state index in [1.165, 1.54) is 12.7 Å². The molecule has 0 saturated carbocycles. The minimum Gasteiger partial charge on any atom is -0.491 e. The minimum absolute atomic E-state index is 0.0795. The average molecular weight is 413 g/mol. The number of rotatable bonds is 11. The number of ether oxygens (including phenoxy) is 3. The summed E-state index contributed by atoms with van der Waals surface area (Å²) in [7, 11) is 1.44. The van der Waals surface area contributed by atoms with Crippen LogP contribution in [-0.4, -0.2) is 32.9 Å². The highest BCUT2D eigenvalue weighted by Gasteiger charge is 2.23. The van der Waals surface area contributed by atoms with Crippen molar-refractivity contribution in [3.8, 4) is 5.75 Å². The first kappa shape index (κ1) is 23.9. The van der Waals surface area contributed by atoms with Crippen LogP contribution in [0.3, 0.4) is 0 Å². The van der Waals surface area contributed by atoms with Gasteiger partial charge in [-0.2, -0.15) is 0 Å². The molecule has 30 heavy (non-hydrogen) atoms. The number of benzene rings is 2. The number of hydrogen-bond donors (Lipinski definition) is 0. The highest BCUT2D eigenvalue weighted by molar-refractivity contribution is 5.78. The van der Waals surface area contributed by atoms with Crippen LogP contribution in [0.4, 0.5) is 0 Å². The molecular formula is C26H36O4. The molecule has 4 heteroatoms. The summed E-state index contributed by atoms with van der Waals surface area (Å²) in [6.07, 6.45) is 2.80. The van der Waals surface area contributed by atoms with Gasteiger partial charge in [-0.3, -0.25) is 4.79 Å². The molecule has 0 heterocycles. The monoisotopic (exact) mass is 412 g/mol. The second-order valence-corrected chi connectivity index (χ2v) is 8.61. The van der Waals surface area contributed by atoms with Crippen LogP contribution in [0.25, 0.3) is 0 Å². The Hall–Kier alpha value is -2.33. The largest absolute Gasteiger partial charge is 0.491 e. The molecule has 0 saturated heterocycles. The van der Waals surface area contributed by atoms with E-state index in [1.807, 2.05) is 36.4 Å². The van der Waals surface area contributed by atoms with Gasteiger partial charge >= 0.3 is 5.97 Å². The van der Waals surface area contributed by atoms with Gasteiger partial charge in [0.25, 0.3) is 0 Å². The number of hydrogen-bond acceptors (Lipinski definition) is 4. The van der Waals surface area contributed by atoms with Gasteiger partial charge in [-0.25, -0.2) is 0 Å². The summed E-state index contributed by atoms with van der Waals surface area (Å²) >= 11 is 0. The Balaban J connectivity index is 1.99. The van der Waals surface area contributed by atoms with Crippen LogP contribution in [0.1, 0.15) is 63.1 Å². The Kier molecular flexibility index (Phi) is 9.38. The maximum absolute atomic E-state index is 12.5. The molecule has 0 N–H and O–H groups in total. The Bertz CT molecular complexity index is 757. The van der Waals surface area contributed by atoms with Crippen LogP contribution < -0.4 is 4.74 Å². The highest BCUT2D eigenvalue weighted by Crippen LogP contribution is 2.27. The van der Waals surface area contributed by atoms with Gasteiger partial charge in [-0.05, 0) is 47.1 Å². The topological polar surface area (TPSA) is 44.8 Å². The molecule has 164 valence electrons. The standard InChI is InChI=1S/C26H36O4/c1-6-7-16-29-17-18-30-23-14-8-20(9-15-23)19-24(25(27)28-5)21-10-12-22(13-11-21)26(2,3)4/h8-15,24H,6-7,16-19H2,1-5H3. The van der Waals surface area contributed by atoms with Gasteiger partial charge in [0.05, 0.1) is 19.6 Å². The molecule has 1 unspecified atom stereocenters. The van der Waals surface area contributed by atoms with Crippen molar-refractivity contribution in [1.82, 2.24) is 0 Å². The fourth-order valence-electron chi connectivity index (χ4n) is 3.22. The Labute approximate surface area is 181 Å². The Morgan fingerprint density at radius 2 is 1.60 bits per heavy atom. The van der Waals surface area contributed by atoms with Crippen LogP contribution in [-0.2, 0) is 26.1 Å². The van der Waals surface area contributed by atoms with E-state index in [0.29, 0.717) is 19.6 Å². The zero-order chi connectivity index (χ0) is 22.0. The normalized spacial score (nSPS) is 12.4. The van der Waals surface area contributed by atoms with Crippen LogP contribution >= 0.6 is 0 Å². The predicted octanol–water partition coefficient (Wildman–Crippen LogP) is 5.68. The molecule has 4 nitrogen and oxygen atoms in total. The van der Waals surface area contributed by atoms with Crippen molar-refractivity contribution in [2.75, 3.05) is 26.9 Å². The van der Waals surface area contributed by atoms with Crippen molar-refractivity contribution < 1.29 is 19.0 Å². The number of methoxy groups -OCH3 is 1. The van der Waals surface area contributed by atoms with Gasteiger partial charge in [0.15, 0.2) is 0 Å². The van der Waals surface area contributed by atoms with E-state index in [1.54, 1.807) is 0 Å². The first-order valence-corrected chi connectivity index (χ1v) is 10.8. The lowest BCUT2D eigenvalue weighted by atomic mass is 9.84. The molecule has 0 aromatic heterocycles. The van der Waals surface area contributed by atoms with Crippen molar-refractivity contribution in [1.29, 1.82) is 0 Å². The van der Waals surface area contributed by atoms with Gasteiger partial charge in [-0.1, -0.05) is 70.5 Å². The lowest BCUT2D eigenvalue weighted by Gasteiger charge is -2.21. The maximum atomic E-state index is 12.5. The summed E-state index contributed by atoms with van der Waals surface area (Å²) in [4.78, 5) is 12.5. The molecule has 0 aliphatic rings. The molecule has 2 rings (SSSR count). The van der Waals surface area contributed by atoms with Gasteiger partial charge in [0, 0.05) is 6.61 Å². The van der Waals surface area contributed by atoms with Gasteiger partial charge < -0.3 is 14.2 Å². The first-order chi connectivity index (χ1) is 14.3. The van der Waals surface area contributed by atoms with Crippen molar-refractivity contribution in [3.63, 3.8) is 0 Å². The summed E-state index contributed by atoms with van der Waals surface area (Å²) in [5.74, 6) is 0.257. The van der Waals surface area contributed by atoms with Crippen LogP contribution in [0.15, 0.2) is 48.5 Å². The third kappa shape index (κ3) is 7.49. The first-order valence-electron chi connectivity index (χ1n) is 10.8. The molecule has 1 atom stereocenters. The molecule has 2 aromatic carbocycles. The Morgan fingerprint density at radius 3 is 2.17 bits per heavy atom. The van der Waals surface area contributed by atoms with Crippen molar-refractivity contribution in [2.24, 2.45) is 0 Å². The SMILES string of the molecule is CCCCOCCOc1ccc(CC(C(=O)OC)c2ccc(C(C)(C)C)cc2)cc1. The lowest BCUT2D eigenvalue weighted by Crippen LogP contribution is -2.17. The van der Waals surface area contributed by atoms with Gasteiger partial charge in [0.1, 0.15) is 12.4 Å². The minimum atomic E-state index is -0.331. The summed E-state index contributed by atoms with van der Waals surface area (Å²) in [5.41, 5.74) is 3.36. The van der Waals surface area contributed by atoms with E-state index in [-0.39, 0.29) is 17.3 Å². The molecular weight excluding hydrogens is 376 g/mol. The molecule has 0 spiro atoms. The van der Waals surface area contributed by atoms with Crippen LogP contribution in [0, 0.1) is 0 Å². The van der Waals surface area contributed by atoms with Crippen molar-refractivity contribution in [3.05, 3.63) is 65.2 Å². The summed E-state index contributed by atoms with van der Waals surface area (Å²) in [6.45, 7) is 10.6. The number of esters is 1. The van der Waals surface area contributed by atoms with E-state index in [0.717, 1.165) is 36.3 Å². The number of unbranched alkanes of at least 4 members (excludes halogenated alkanes) is 1. The molecule has 2 aromatic rings. The molecule has 0 bridgehead atoms. The van der Waals surface area contributed by atoms with Crippen molar-refractivity contribution >= 4 is 5.97 Å². The average Bonchev–Trinajstić information content (AvgIpc) is 2.74. The van der Waals surface area contributed by atoms with Crippen LogP contribution in [0.2, 0.25) is 0 Å². The third-order valence-corrected chi connectivity index (χ3v) is 5.17. The van der Waals surface area contributed by atoms with Crippen molar-refractivity contribution in [2.45, 2.75) is 58.3 Å². The summed E-state index contributed by atoms with van der Waals surface area (Å²) in [6, 6.07) is 16.2. The fourth-order valence-corrected chi connectivity index (χ4v) is 3.22.